The lowest BCUT2D eigenvalue weighted by Crippen LogP contribution is -2.25. The maximum atomic E-state index is 10.8. The van der Waals surface area contributed by atoms with Crippen molar-refractivity contribution in [3.8, 4) is 0 Å². The van der Waals surface area contributed by atoms with Crippen molar-refractivity contribution < 1.29 is 9.90 Å². The first-order valence-corrected chi connectivity index (χ1v) is 7.99. The van der Waals surface area contributed by atoms with Crippen LogP contribution in [0.3, 0.4) is 0 Å². The average molecular weight is 354 g/mol. The van der Waals surface area contributed by atoms with Crippen molar-refractivity contribution >= 4 is 38.9 Å². The largest absolute Gasteiger partial charge is 0.481 e. The fourth-order valence-corrected chi connectivity index (χ4v) is 3.39. The number of hydrogen-bond donors (Lipinski definition) is 1. The number of hydrogen-bond acceptors (Lipinski definition) is 3. The molecule has 0 saturated heterocycles. The van der Waals surface area contributed by atoms with E-state index in [0.717, 1.165) is 10.2 Å². The second kappa shape index (κ2) is 6.90. The monoisotopic (exact) mass is 353 g/mol. The summed E-state index contributed by atoms with van der Waals surface area (Å²) in [6.45, 7) is 3.26. The van der Waals surface area contributed by atoms with E-state index in [0.29, 0.717) is 13.1 Å². The zero-order valence-corrected chi connectivity index (χ0v) is 13.6. The Morgan fingerprint density at radius 2 is 2.00 bits per heavy atom. The van der Waals surface area contributed by atoms with Crippen LogP contribution < -0.4 is 4.90 Å². The summed E-state index contributed by atoms with van der Waals surface area (Å²) in [6, 6.07) is 10.2. The quantitative estimate of drug-likeness (QED) is 0.841. The molecule has 2 aromatic rings. The molecule has 20 heavy (non-hydrogen) atoms. The highest BCUT2D eigenvalue weighted by Gasteiger charge is 2.12. The minimum Gasteiger partial charge on any atom is -0.481 e. The number of halogens is 1. The second-order valence-corrected chi connectivity index (χ2v) is 6.45. The molecule has 0 radical (unpaired) electrons. The van der Waals surface area contributed by atoms with Crippen LogP contribution in [-0.4, -0.2) is 17.6 Å². The molecule has 1 heterocycles. The lowest BCUT2D eigenvalue weighted by Gasteiger charge is -2.24. The van der Waals surface area contributed by atoms with Gasteiger partial charge >= 0.3 is 5.97 Å². The topological polar surface area (TPSA) is 40.5 Å². The Labute approximate surface area is 131 Å². The van der Waals surface area contributed by atoms with E-state index in [1.54, 1.807) is 11.3 Å². The highest BCUT2D eigenvalue weighted by Crippen LogP contribution is 2.26. The van der Waals surface area contributed by atoms with Gasteiger partial charge in [0.05, 0.1) is 13.0 Å². The molecule has 3 nitrogen and oxygen atoms in total. The molecule has 5 heteroatoms. The molecule has 0 aliphatic heterocycles. The summed E-state index contributed by atoms with van der Waals surface area (Å²) < 4.78 is 1.08. The predicted molar refractivity (Wildman–Crippen MR) is 86.5 cm³/mol. The minimum absolute atomic E-state index is 0.136. The molecule has 0 atom stereocenters. The SMILES string of the molecule is Cc1ccc(N(CCC(=O)O)Cc2sccc2Br)cc1. The van der Waals surface area contributed by atoms with E-state index < -0.39 is 5.97 Å². The van der Waals surface area contributed by atoms with Gasteiger partial charge < -0.3 is 10.0 Å². The van der Waals surface area contributed by atoms with Crippen LogP contribution in [0.2, 0.25) is 0 Å². The Hall–Kier alpha value is -1.33. The normalized spacial score (nSPS) is 10.5. The smallest absolute Gasteiger partial charge is 0.305 e. The van der Waals surface area contributed by atoms with E-state index in [9.17, 15) is 4.79 Å². The number of nitrogens with zero attached hydrogens (tertiary/aromatic N) is 1. The van der Waals surface area contributed by atoms with Crippen LogP contribution in [0.15, 0.2) is 40.2 Å². The van der Waals surface area contributed by atoms with Crippen molar-refractivity contribution in [2.75, 3.05) is 11.4 Å². The Morgan fingerprint density at radius 3 is 2.55 bits per heavy atom. The van der Waals surface area contributed by atoms with Crippen LogP contribution in [0.1, 0.15) is 16.9 Å². The van der Waals surface area contributed by atoms with E-state index in [1.807, 2.05) is 42.6 Å². The van der Waals surface area contributed by atoms with E-state index in [2.05, 4.69) is 20.8 Å². The zero-order chi connectivity index (χ0) is 14.5. The van der Waals surface area contributed by atoms with E-state index in [4.69, 9.17) is 5.11 Å². The van der Waals surface area contributed by atoms with E-state index in [1.165, 1.54) is 10.4 Å². The van der Waals surface area contributed by atoms with Crippen LogP contribution in [0.5, 0.6) is 0 Å². The summed E-state index contributed by atoms with van der Waals surface area (Å²) in [5.74, 6) is -0.771. The summed E-state index contributed by atoms with van der Waals surface area (Å²) in [5, 5.41) is 10.9. The molecule has 106 valence electrons. The number of aliphatic carboxylic acids is 1. The van der Waals surface area contributed by atoms with Crippen molar-refractivity contribution in [2.45, 2.75) is 19.9 Å². The van der Waals surface area contributed by atoms with Gasteiger partial charge in [0.15, 0.2) is 0 Å². The number of aryl methyl sites for hydroxylation is 1. The molecule has 0 amide bonds. The van der Waals surface area contributed by atoms with Crippen molar-refractivity contribution in [1.82, 2.24) is 0 Å². The Morgan fingerprint density at radius 1 is 1.30 bits per heavy atom. The molecular formula is C15H16BrNO2S. The first kappa shape index (κ1) is 15.1. The summed E-state index contributed by atoms with van der Waals surface area (Å²) in [6.07, 6.45) is 0.136. The predicted octanol–water partition coefficient (Wildman–Crippen LogP) is 4.30. The van der Waals surface area contributed by atoms with Gasteiger partial charge in [-0.25, -0.2) is 0 Å². The van der Waals surface area contributed by atoms with E-state index in [-0.39, 0.29) is 6.42 Å². The first-order valence-electron chi connectivity index (χ1n) is 6.31. The van der Waals surface area contributed by atoms with Gasteiger partial charge in [-0.2, -0.15) is 0 Å². The second-order valence-electron chi connectivity index (χ2n) is 4.59. The maximum absolute atomic E-state index is 10.8. The van der Waals surface area contributed by atoms with Crippen molar-refractivity contribution in [2.24, 2.45) is 0 Å². The van der Waals surface area contributed by atoms with Gasteiger partial charge in [0, 0.05) is 21.6 Å². The van der Waals surface area contributed by atoms with Gasteiger partial charge in [-0.3, -0.25) is 4.79 Å². The number of carbonyl (C=O) groups is 1. The molecule has 0 bridgehead atoms. The number of carboxylic acids is 1. The van der Waals surface area contributed by atoms with Gasteiger partial charge in [-0.15, -0.1) is 11.3 Å². The molecule has 1 N–H and O–H groups in total. The molecule has 2 rings (SSSR count). The number of benzene rings is 1. The zero-order valence-electron chi connectivity index (χ0n) is 11.2. The van der Waals surface area contributed by atoms with Crippen LogP contribution >= 0.6 is 27.3 Å². The molecule has 0 aliphatic rings. The number of thiophene rings is 1. The van der Waals surface area contributed by atoms with Crippen molar-refractivity contribution in [3.05, 3.63) is 50.6 Å². The molecule has 0 spiro atoms. The molecule has 1 aromatic carbocycles. The summed E-state index contributed by atoms with van der Waals surface area (Å²) in [7, 11) is 0. The van der Waals surface area contributed by atoms with Gasteiger partial charge in [0.1, 0.15) is 0 Å². The van der Waals surface area contributed by atoms with E-state index >= 15 is 0 Å². The molecule has 0 saturated carbocycles. The van der Waals surface area contributed by atoms with Crippen LogP contribution in [0, 0.1) is 6.92 Å². The van der Waals surface area contributed by atoms with Crippen molar-refractivity contribution in [3.63, 3.8) is 0 Å². The van der Waals surface area contributed by atoms with Gasteiger partial charge in [-0.05, 0) is 46.4 Å². The lowest BCUT2D eigenvalue weighted by molar-refractivity contribution is -0.136. The highest BCUT2D eigenvalue weighted by molar-refractivity contribution is 9.10. The van der Waals surface area contributed by atoms with Crippen LogP contribution in [0.4, 0.5) is 5.69 Å². The average Bonchev–Trinajstić information content (AvgIpc) is 2.81. The van der Waals surface area contributed by atoms with Gasteiger partial charge in [0.2, 0.25) is 0 Å². The molecular weight excluding hydrogens is 338 g/mol. The number of anilines is 1. The van der Waals surface area contributed by atoms with Crippen molar-refractivity contribution in [1.29, 1.82) is 0 Å². The fraction of sp³-hybridized carbons (Fsp3) is 0.267. The number of carboxylic acid groups (broad SMARTS) is 1. The Kier molecular flexibility index (Phi) is 5.20. The van der Waals surface area contributed by atoms with Gasteiger partial charge in [0.25, 0.3) is 0 Å². The Balaban J connectivity index is 2.17. The lowest BCUT2D eigenvalue weighted by atomic mass is 10.2. The molecule has 0 fully saturated rings. The van der Waals surface area contributed by atoms with Crippen LogP contribution in [-0.2, 0) is 11.3 Å². The Bertz CT molecular complexity index is 580. The fourth-order valence-electron chi connectivity index (χ4n) is 1.90. The third kappa shape index (κ3) is 4.08. The molecule has 1 aromatic heterocycles. The summed E-state index contributed by atoms with van der Waals surface area (Å²) >= 11 is 5.20. The summed E-state index contributed by atoms with van der Waals surface area (Å²) in [5.41, 5.74) is 2.25. The third-order valence-electron chi connectivity index (χ3n) is 3.02. The van der Waals surface area contributed by atoms with Crippen LogP contribution in [0.25, 0.3) is 0 Å². The highest BCUT2D eigenvalue weighted by atomic mass is 79.9. The molecule has 0 aliphatic carbocycles. The number of rotatable bonds is 6. The first-order chi connectivity index (χ1) is 9.56. The summed E-state index contributed by atoms with van der Waals surface area (Å²) in [4.78, 5) is 14.1. The maximum Gasteiger partial charge on any atom is 0.305 e. The minimum atomic E-state index is -0.771. The standard InChI is InChI=1S/C15H16BrNO2S/c1-11-2-4-12(5-3-11)17(8-6-15(18)19)10-14-13(16)7-9-20-14/h2-5,7,9H,6,8,10H2,1H3,(H,18,19). The third-order valence-corrected chi connectivity index (χ3v) is 4.93. The van der Waals surface area contributed by atoms with Gasteiger partial charge in [-0.1, -0.05) is 17.7 Å². The molecule has 0 unspecified atom stereocenters.